The van der Waals surface area contributed by atoms with Crippen LogP contribution in [0.3, 0.4) is 0 Å². The molecule has 9 nitrogen and oxygen atoms in total. The van der Waals surface area contributed by atoms with Gasteiger partial charge in [-0.25, -0.2) is 9.79 Å². The Morgan fingerprint density at radius 1 is 1.09 bits per heavy atom. The van der Waals surface area contributed by atoms with Gasteiger partial charge < -0.3 is 20.6 Å². The van der Waals surface area contributed by atoms with Crippen LogP contribution in [0.15, 0.2) is 71.7 Å². The van der Waals surface area contributed by atoms with E-state index in [1.807, 2.05) is 30.3 Å². The van der Waals surface area contributed by atoms with Crippen LogP contribution in [0, 0.1) is 10.1 Å². The molecule has 178 valence electrons. The minimum atomic E-state index is -0.917. The van der Waals surface area contributed by atoms with Crippen LogP contribution >= 0.6 is 0 Å². The number of nitrogens with zero attached hydrogens (tertiary/aromatic N) is 2. The highest BCUT2D eigenvalue weighted by atomic mass is 16.6. The third kappa shape index (κ3) is 4.62. The van der Waals surface area contributed by atoms with E-state index in [9.17, 15) is 20.0 Å². The molecular formula is C26H24N4O5. The molecule has 0 fully saturated rings. The van der Waals surface area contributed by atoms with Crippen molar-refractivity contribution in [3.8, 4) is 5.88 Å². The number of ether oxygens (including phenoxy) is 1. The number of nitrogens with one attached hydrogen (secondary N) is 1. The molecule has 0 radical (unpaired) electrons. The number of hydrogen-bond acceptors (Lipinski definition) is 7. The average molecular weight is 473 g/mol. The number of nitrogens with two attached hydrogens (primary N) is 1. The van der Waals surface area contributed by atoms with Gasteiger partial charge in [-0.15, -0.1) is 0 Å². The summed E-state index contributed by atoms with van der Waals surface area (Å²) in [5, 5.41) is 23.2. The summed E-state index contributed by atoms with van der Waals surface area (Å²) in [5.74, 6) is -0.659. The van der Waals surface area contributed by atoms with Crippen LogP contribution in [0.5, 0.6) is 5.88 Å². The van der Waals surface area contributed by atoms with Crippen molar-refractivity contribution in [1.82, 2.24) is 4.98 Å². The topological polar surface area (TPSA) is 144 Å². The summed E-state index contributed by atoms with van der Waals surface area (Å²) < 4.78 is 4.78. The predicted molar refractivity (Wildman–Crippen MR) is 133 cm³/mol. The zero-order valence-corrected chi connectivity index (χ0v) is 19.4. The number of esters is 1. The lowest BCUT2D eigenvalue weighted by Crippen LogP contribution is -2.29. The summed E-state index contributed by atoms with van der Waals surface area (Å²) in [6.07, 6.45) is 0. The Kier molecular flexibility index (Phi) is 6.10. The molecule has 1 heterocycles. The second kappa shape index (κ2) is 9.03. The first-order chi connectivity index (χ1) is 16.6. The van der Waals surface area contributed by atoms with Crippen molar-refractivity contribution >= 4 is 34.0 Å². The number of aromatic hydroxyl groups is 1. The lowest BCUT2D eigenvalue weighted by atomic mass is 9.93. The van der Waals surface area contributed by atoms with Gasteiger partial charge in [0.2, 0.25) is 0 Å². The van der Waals surface area contributed by atoms with Crippen molar-refractivity contribution in [3.63, 3.8) is 0 Å². The number of nitro benzene ring substituents is 1. The maximum atomic E-state index is 11.9. The van der Waals surface area contributed by atoms with E-state index in [-0.39, 0.29) is 11.6 Å². The fourth-order valence-corrected chi connectivity index (χ4v) is 3.94. The Morgan fingerprint density at radius 3 is 2.43 bits per heavy atom. The van der Waals surface area contributed by atoms with E-state index in [0.29, 0.717) is 44.6 Å². The molecule has 0 spiro atoms. The van der Waals surface area contributed by atoms with Gasteiger partial charge >= 0.3 is 5.97 Å². The highest BCUT2D eigenvalue weighted by Gasteiger charge is 2.26. The number of fused-ring (bicyclic) bond motifs is 1. The zero-order chi connectivity index (χ0) is 25.3. The van der Waals surface area contributed by atoms with Crippen LogP contribution in [-0.4, -0.2) is 33.8 Å². The third-order valence-electron chi connectivity index (χ3n) is 5.60. The van der Waals surface area contributed by atoms with E-state index in [1.165, 1.54) is 13.2 Å². The number of methoxy groups -OCH3 is 1. The molecular weight excluding hydrogens is 448 g/mol. The quantitative estimate of drug-likeness (QED) is 0.157. The summed E-state index contributed by atoms with van der Waals surface area (Å²) in [7, 11) is 1.29. The van der Waals surface area contributed by atoms with Gasteiger partial charge in [0.1, 0.15) is 0 Å². The summed E-state index contributed by atoms with van der Waals surface area (Å²) >= 11 is 0. The predicted octanol–water partition coefficient (Wildman–Crippen LogP) is 4.93. The first-order valence-electron chi connectivity index (χ1n) is 10.8. The van der Waals surface area contributed by atoms with Crippen molar-refractivity contribution in [2.45, 2.75) is 19.4 Å². The van der Waals surface area contributed by atoms with Gasteiger partial charge in [-0.05, 0) is 38.1 Å². The van der Waals surface area contributed by atoms with Gasteiger partial charge in [0.05, 0.1) is 34.6 Å². The maximum absolute atomic E-state index is 11.9. The molecule has 9 heteroatoms. The largest absolute Gasteiger partial charge is 0.494 e. The number of carbonyl (C=O) groups excluding carboxylic acids is 1. The zero-order valence-electron chi connectivity index (χ0n) is 19.4. The number of aromatic nitrogens is 1. The Bertz CT molecular complexity index is 1470. The Balaban J connectivity index is 1.95. The molecule has 0 aliphatic carbocycles. The minimum absolute atomic E-state index is 0.142. The molecule has 35 heavy (non-hydrogen) atoms. The Hall–Kier alpha value is -4.50. The van der Waals surface area contributed by atoms with Crippen LogP contribution in [-0.2, 0) is 10.3 Å². The van der Waals surface area contributed by atoms with Crippen LogP contribution in [0.25, 0.3) is 10.9 Å². The van der Waals surface area contributed by atoms with Crippen molar-refractivity contribution < 1.29 is 19.6 Å². The van der Waals surface area contributed by atoms with E-state index in [0.717, 1.165) is 0 Å². The van der Waals surface area contributed by atoms with E-state index < -0.39 is 16.4 Å². The second-order valence-electron chi connectivity index (χ2n) is 8.61. The van der Waals surface area contributed by atoms with E-state index in [2.05, 4.69) is 4.98 Å². The lowest BCUT2D eigenvalue weighted by Gasteiger charge is -2.19. The van der Waals surface area contributed by atoms with Crippen molar-refractivity contribution in [3.05, 3.63) is 99.1 Å². The van der Waals surface area contributed by atoms with E-state index in [1.54, 1.807) is 44.2 Å². The summed E-state index contributed by atoms with van der Waals surface area (Å²) in [6, 6.07) is 18.6. The number of aliphatic imine (C=N–C) groups is 1. The van der Waals surface area contributed by atoms with Gasteiger partial charge in [-0.2, -0.15) is 0 Å². The standard InChI is InChI=1S/C26H24N4O5/c1-26(2,27)19-12-10-17(14-21(19)30(33)34)28-23(15-7-5-4-6-8-15)22-18-11-9-16(25(32)35-3)13-20(18)29-24(22)31/h4-14,29,31H,27H2,1-3H3. The number of rotatable bonds is 6. The third-order valence-corrected chi connectivity index (χ3v) is 5.60. The second-order valence-corrected chi connectivity index (χ2v) is 8.61. The maximum Gasteiger partial charge on any atom is 0.337 e. The molecule has 0 aliphatic heterocycles. The molecule has 0 atom stereocenters. The van der Waals surface area contributed by atoms with Crippen LogP contribution in [0.1, 0.15) is 40.9 Å². The summed E-state index contributed by atoms with van der Waals surface area (Å²) in [5.41, 5.74) is 8.09. The first kappa shape index (κ1) is 23.7. The molecule has 4 N–H and O–H groups in total. The summed E-state index contributed by atoms with van der Waals surface area (Å²) in [4.78, 5) is 30.8. The SMILES string of the molecule is COC(=O)c1ccc2c(C(=Nc3ccc(C(C)(C)N)c([N+](=O)[O-])c3)c3ccccc3)c(O)[nH]c2c1. The van der Waals surface area contributed by atoms with Crippen LogP contribution in [0.4, 0.5) is 11.4 Å². The van der Waals surface area contributed by atoms with Crippen molar-refractivity contribution in [2.75, 3.05) is 7.11 Å². The molecule has 0 bridgehead atoms. The molecule has 4 aromatic rings. The van der Waals surface area contributed by atoms with Crippen molar-refractivity contribution in [1.29, 1.82) is 0 Å². The van der Waals surface area contributed by atoms with Gasteiger partial charge in [-0.3, -0.25) is 10.1 Å². The normalized spacial score (nSPS) is 12.1. The Morgan fingerprint density at radius 2 is 1.80 bits per heavy atom. The van der Waals surface area contributed by atoms with Crippen molar-refractivity contribution in [2.24, 2.45) is 10.7 Å². The van der Waals surface area contributed by atoms with Gasteiger partial charge in [0, 0.05) is 33.6 Å². The van der Waals surface area contributed by atoms with E-state index in [4.69, 9.17) is 15.5 Å². The first-order valence-corrected chi connectivity index (χ1v) is 10.8. The molecule has 4 rings (SSSR count). The molecule has 3 aromatic carbocycles. The molecule has 0 unspecified atom stereocenters. The summed E-state index contributed by atoms with van der Waals surface area (Å²) in [6.45, 7) is 3.39. The van der Waals surface area contributed by atoms with E-state index >= 15 is 0 Å². The average Bonchev–Trinajstić information content (AvgIpc) is 3.16. The number of H-pyrrole nitrogens is 1. The number of hydrogen-bond donors (Lipinski definition) is 3. The van der Waals surface area contributed by atoms with Gasteiger partial charge in [0.15, 0.2) is 5.88 Å². The Labute approximate surface area is 201 Å². The molecule has 0 aliphatic rings. The monoisotopic (exact) mass is 472 g/mol. The number of carbonyl (C=O) groups is 1. The molecule has 0 amide bonds. The molecule has 0 saturated heterocycles. The van der Waals surface area contributed by atoms with Crippen LogP contribution < -0.4 is 5.73 Å². The fraction of sp³-hybridized carbons (Fsp3) is 0.154. The van der Waals surface area contributed by atoms with Gasteiger partial charge in [-0.1, -0.05) is 36.4 Å². The highest BCUT2D eigenvalue weighted by molar-refractivity contribution is 6.22. The lowest BCUT2D eigenvalue weighted by molar-refractivity contribution is -0.386. The van der Waals surface area contributed by atoms with Gasteiger partial charge in [0.25, 0.3) is 5.69 Å². The number of aromatic amines is 1. The number of nitro groups is 1. The molecule has 0 saturated carbocycles. The smallest absolute Gasteiger partial charge is 0.337 e. The number of benzene rings is 3. The fourth-order valence-electron chi connectivity index (χ4n) is 3.94. The highest BCUT2D eigenvalue weighted by Crippen LogP contribution is 2.35. The molecule has 1 aromatic heterocycles. The minimum Gasteiger partial charge on any atom is -0.494 e. The van der Waals surface area contributed by atoms with Crippen LogP contribution in [0.2, 0.25) is 0 Å².